The van der Waals surface area contributed by atoms with E-state index in [2.05, 4.69) is 5.32 Å². The summed E-state index contributed by atoms with van der Waals surface area (Å²) in [7, 11) is -2.42. The first kappa shape index (κ1) is 30.4. The SMILES string of the molecule is COc1ccc(S(=O)(=O)N(CCO)CCO[C@H]2C[C@@H](c3ccc4c(c3)OCO4)C=C(C(=O)NCc3ccccc3)O2)cc1. The molecular weight excluding hydrogens is 576 g/mol. The lowest BCUT2D eigenvalue weighted by Crippen LogP contribution is -2.38. The van der Waals surface area contributed by atoms with Crippen LogP contribution in [0.5, 0.6) is 17.2 Å². The Bertz CT molecular complexity index is 1530. The molecule has 0 aromatic heterocycles. The predicted molar refractivity (Wildman–Crippen MR) is 156 cm³/mol. The second kappa shape index (κ2) is 13.9. The molecule has 11 nitrogen and oxygen atoms in total. The van der Waals surface area contributed by atoms with Crippen molar-refractivity contribution in [2.45, 2.75) is 30.1 Å². The minimum atomic E-state index is -3.91. The van der Waals surface area contributed by atoms with Crippen LogP contribution in [0.25, 0.3) is 0 Å². The second-order valence-electron chi connectivity index (χ2n) is 9.88. The molecule has 0 saturated heterocycles. The maximum Gasteiger partial charge on any atom is 0.286 e. The topological polar surface area (TPSA) is 133 Å². The van der Waals surface area contributed by atoms with Crippen LogP contribution in [0.1, 0.15) is 23.5 Å². The molecule has 2 N–H and O–H groups in total. The molecule has 0 saturated carbocycles. The summed E-state index contributed by atoms with van der Waals surface area (Å²) < 4.78 is 55.7. The Morgan fingerprint density at radius 1 is 1.02 bits per heavy atom. The van der Waals surface area contributed by atoms with E-state index in [-0.39, 0.29) is 49.7 Å². The molecule has 0 aliphatic carbocycles. The summed E-state index contributed by atoms with van der Waals surface area (Å²) in [5.74, 6) is 1.25. The van der Waals surface area contributed by atoms with Crippen molar-refractivity contribution >= 4 is 15.9 Å². The lowest BCUT2D eigenvalue weighted by Gasteiger charge is -2.30. The number of rotatable bonds is 13. The third kappa shape index (κ3) is 7.46. The number of nitrogens with one attached hydrogen (secondary N) is 1. The van der Waals surface area contributed by atoms with Gasteiger partial charge in [0.25, 0.3) is 5.91 Å². The lowest BCUT2D eigenvalue weighted by molar-refractivity contribution is -0.146. The summed E-state index contributed by atoms with van der Waals surface area (Å²) in [4.78, 5) is 13.2. The Balaban J connectivity index is 1.28. The number of carbonyl (C=O) groups is 1. The van der Waals surface area contributed by atoms with E-state index in [1.54, 1.807) is 18.2 Å². The number of aliphatic hydroxyl groups excluding tert-OH is 1. The number of aliphatic hydroxyl groups is 1. The monoisotopic (exact) mass is 610 g/mol. The molecule has 3 aromatic rings. The Labute approximate surface area is 250 Å². The molecule has 0 bridgehead atoms. The van der Waals surface area contributed by atoms with E-state index in [0.29, 0.717) is 30.2 Å². The van der Waals surface area contributed by atoms with Gasteiger partial charge in [0.05, 0.1) is 25.2 Å². The highest BCUT2D eigenvalue weighted by atomic mass is 32.2. The number of hydrogen-bond acceptors (Lipinski definition) is 9. The van der Waals surface area contributed by atoms with Crippen LogP contribution in [0, 0.1) is 0 Å². The molecule has 43 heavy (non-hydrogen) atoms. The zero-order valence-electron chi connectivity index (χ0n) is 23.7. The van der Waals surface area contributed by atoms with Gasteiger partial charge in [-0.05, 0) is 53.6 Å². The van der Waals surface area contributed by atoms with Gasteiger partial charge in [-0.2, -0.15) is 4.31 Å². The van der Waals surface area contributed by atoms with Crippen molar-refractivity contribution in [3.8, 4) is 17.2 Å². The number of sulfonamides is 1. The first-order chi connectivity index (χ1) is 20.9. The van der Waals surface area contributed by atoms with Crippen LogP contribution in [0.15, 0.2) is 89.5 Å². The van der Waals surface area contributed by atoms with Crippen LogP contribution in [-0.4, -0.2) is 70.2 Å². The largest absolute Gasteiger partial charge is 0.497 e. The normalized spacial score (nSPS) is 17.7. The van der Waals surface area contributed by atoms with Crippen molar-refractivity contribution in [1.29, 1.82) is 0 Å². The van der Waals surface area contributed by atoms with Crippen molar-refractivity contribution in [3.63, 3.8) is 0 Å². The fraction of sp³-hybridized carbons (Fsp3) is 0.323. The molecule has 2 heterocycles. The van der Waals surface area contributed by atoms with Crippen molar-refractivity contribution in [2.75, 3.05) is 40.2 Å². The van der Waals surface area contributed by atoms with Gasteiger partial charge in [-0.3, -0.25) is 4.79 Å². The van der Waals surface area contributed by atoms with Gasteiger partial charge >= 0.3 is 0 Å². The van der Waals surface area contributed by atoms with Crippen LogP contribution >= 0.6 is 0 Å². The summed E-state index contributed by atoms with van der Waals surface area (Å²) >= 11 is 0. The average molecular weight is 611 g/mol. The van der Waals surface area contributed by atoms with Crippen molar-refractivity contribution in [2.24, 2.45) is 0 Å². The standard InChI is InChI=1S/C31H34N2O9S/c1-38-25-8-10-26(11-9-25)43(36,37)33(13-15-34)14-16-39-30-19-24(23-7-12-27-28(17-23)41-21-40-27)18-29(42-30)31(35)32-20-22-5-3-2-4-6-22/h2-12,17-18,24,30,34H,13-16,19-21H2,1H3,(H,32,35)/t24-,30+/m0/s1. The summed E-state index contributed by atoms with van der Waals surface area (Å²) in [5, 5.41) is 12.5. The highest BCUT2D eigenvalue weighted by Gasteiger charge is 2.31. The quantitative estimate of drug-likeness (QED) is 0.300. The first-order valence-electron chi connectivity index (χ1n) is 13.8. The van der Waals surface area contributed by atoms with Gasteiger partial charge in [0.15, 0.2) is 17.3 Å². The number of allylic oxidation sites excluding steroid dienone is 1. The van der Waals surface area contributed by atoms with E-state index >= 15 is 0 Å². The van der Waals surface area contributed by atoms with Gasteiger partial charge in [-0.1, -0.05) is 36.4 Å². The molecule has 228 valence electrons. The smallest absolute Gasteiger partial charge is 0.286 e. The summed E-state index contributed by atoms with van der Waals surface area (Å²) in [5.41, 5.74) is 1.83. The van der Waals surface area contributed by atoms with Gasteiger partial charge in [0, 0.05) is 32.0 Å². The Morgan fingerprint density at radius 3 is 2.53 bits per heavy atom. The predicted octanol–water partition coefficient (Wildman–Crippen LogP) is 3.15. The third-order valence-corrected chi connectivity index (χ3v) is 9.01. The number of carbonyl (C=O) groups excluding carboxylic acids is 1. The first-order valence-corrected chi connectivity index (χ1v) is 15.3. The minimum absolute atomic E-state index is 0.0349. The van der Waals surface area contributed by atoms with E-state index in [4.69, 9.17) is 23.7 Å². The van der Waals surface area contributed by atoms with Gasteiger partial charge < -0.3 is 34.1 Å². The molecule has 0 fully saturated rings. The summed E-state index contributed by atoms with van der Waals surface area (Å²) in [6.07, 6.45) is 1.29. The number of nitrogens with zero attached hydrogens (tertiary/aromatic N) is 1. The zero-order valence-corrected chi connectivity index (χ0v) is 24.5. The minimum Gasteiger partial charge on any atom is -0.497 e. The third-order valence-electron chi connectivity index (χ3n) is 7.09. The molecule has 3 aromatic carbocycles. The van der Waals surface area contributed by atoms with Gasteiger partial charge in [-0.15, -0.1) is 0 Å². The molecule has 5 rings (SSSR count). The van der Waals surface area contributed by atoms with Gasteiger partial charge in [0.1, 0.15) is 5.75 Å². The molecule has 2 aliphatic heterocycles. The van der Waals surface area contributed by atoms with Crippen molar-refractivity contribution in [3.05, 3.63) is 95.8 Å². The highest BCUT2D eigenvalue weighted by Crippen LogP contribution is 2.38. The highest BCUT2D eigenvalue weighted by molar-refractivity contribution is 7.89. The maximum absolute atomic E-state index is 13.3. The van der Waals surface area contributed by atoms with Crippen molar-refractivity contribution in [1.82, 2.24) is 9.62 Å². The number of hydrogen-bond donors (Lipinski definition) is 2. The van der Waals surface area contributed by atoms with Crippen LogP contribution in [-0.2, 0) is 30.8 Å². The summed E-state index contributed by atoms with van der Waals surface area (Å²) in [6.45, 7) is -0.0907. The number of fused-ring (bicyclic) bond motifs is 1. The fourth-order valence-corrected chi connectivity index (χ4v) is 6.22. The molecule has 2 aliphatic rings. The number of ether oxygens (including phenoxy) is 5. The molecule has 1 amide bonds. The fourth-order valence-electron chi connectivity index (χ4n) is 4.81. The van der Waals surface area contributed by atoms with Gasteiger partial charge in [-0.25, -0.2) is 8.42 Å². The van der Waals surface area contributed by atoms with Gasteiger partial charge in [0.2, 0.25) is 23.1 Å². The van der Waals surface area contributed by atoms with Crippen LogP contribution < -0.4 is 19.5 Å². The Kier molecular flexibility index (Phi) is 9.82. The molecule has 0 spiro atoms. The van der Waals surface area contributed by atoms with E-state index in [0.717, 1.165) is 15.4 Å². The van der Waals surface area contributed by atoms with Crippen molar-refractivity contribution < 1.29 is 42.0 Å². The molecule has 0 radical (unpaired) electrons. The lowest BCUT2D eigenvalue weighted by atomic mass is 9.92. The Hall–Kier alpha value is -4.10. The van der Waals surface area contributed by atoms with Crippen LogP contribution in [0.4, 0.5) is 0 Å². The number of amides is 1. The van der Waals surface area contributed by atoms with Crippen LogP contribution in [0.2, 0.25) is 0 Å². The summed E-state index contributed by atoms with van der Waals surface area (Å²) in [6, 6.07) is 21.1. The average Bonchev–Trinajstić information content (AvgIpc) is 3.52. The maximum atomic E-state index is 13.3. The number of benzene rings is 3. The molecular formula is C31H34N2O9S. The second-order valence-corrected chi connectivity index (χ2v) is 11.8. The number of methoxy groups -OCH3 is 1. The van der Waals surface area contributed by atoms with E-state index in [9.17, 15) is 18.3 Å². The van der Waals surface area contributed by atoms with E-state index in [1.165, 1.54) is 19.2 Å². The molecule has 0 unspecified atom stereocenters. The Morgan fingerprint density at radius 2 is 1.79 bits per heavy atom. The molecule has 12 heteroatoms. The van der Waals surface area contributed by atoms with E-state index in [1.807, 2.05) is 48.5 Å². The molecule has 2 atom stereocenters. The van der Waals surface area contributed by atoms with Crippen LogP contribution in [0.3, 0.4) is 0 Å². The van der Waals surface area contributed by atoms with E-state index < -0.39 is 22.2 Å². The zero-order chi connectivity index (χ0) is 30.2.